The number of rotatable bonds is 7. The standard InChI is InChI=1S/C18H19N5S2/c1-3-11-23-16(15-13(2)20-17(19)25-15)21-22-18(23)24-12-7-10-14-8-5-4-6-9-14/h3-10H,1,11-12H2,2H3,(H2,19,20)/b10-7+. The molecule has 0 radical (unpaired) electrons. The second kappa shape index (κ2) is 8.13. The van der Waals surface area contributed by atoms with Crippen molar-refractivity contribution in [2.75, 3.05) is 11.5 Å². The van der Waals surface area contributed by atoms with Gasteiger partial charge in [0, 0.05) is 12.3 Å². The second-order valence-electron chi connectivity index (χ2n) is 5.30. The van der Waals surface area contributed by atoms with Crippen LogP contribution in [0, 0.1) is 6.92 Å². The minimum atomic E-state index is 0.542. The van der Waals surface area contributed by atoms with Gasteiger partial charge >= 0.3 is 0 Å². The van der Waals surface area contributed by atoms with E-state index in [4.69, 9.17) is 5.73 Å². The first-order valence-corrected chi connectivity index (χ1v) is 9.61. The zero-order chi connectivity index (χ0) is 17.6. The number of hydrogen-bond acceptors (Lipinski definition) is 6. The lowest BCUT2D eigenvalue weighted by atomic mass is 10.2. The quantitative estimate of drug-likeness (QED) is 0.497. The molecule has 3 rings (SSSR count). The van der Waals surface area contributed by atoms with E-state index < -0.39 is 0 Å². The number of hydrogen-bond donors (Lipinski definition) is 1. The molecule has 2 aromatic heterocycles. The van der Waals surface area contributed by atoms with Crippen molar-refractivity contribution in [2.24, 2.45) is 0 Å². The van der Waals surface area contributed by atoms with Gasteiger partial charge in [0.1, 0.15) is 0 Å². The van der Waals surface area contributed by atoms with Gasteiger partial charge in [0.15, 0.2) is 16.1 Å². The molecule has 0 amide bonds. The average molecular weight is 370 g/mol. The lowest BCUT2D eigenvalue weighted by molar-refractivity contribution is 0.732. The number of thiazole rings is 1. The number of nitrogens with two attached hydrogens (primary N) is 1. The summed E-state index contributed by atoms with van der Waals surface area (Å²) in [4.78, 5) is 5.24. The maximum absolute atomic E-state index is 5.82. The molecule has 0 bridgehead atoms. The van der Waals surface area contributed by atoms with Gasteiger partial charge in [0.05, 0.1) is 10.6 Å². The monoisotopic (exact) mass is 369 g/mol. The van der Waals surface area contributed by atoms with Gasteiger partial charge in [-0.1, -0.05) is 71.7 Å². The van der Waals surface area contributed by atoms with Crippen LogP contribution in [0.2, 0.25) is 0 Å². The smallest absolute Gasteiger partial charge is 0.192 e. The Morgan fingerprint density at radius 1 is 1.28 bits per heavy atom. The maximum Gasteiger partial charge on any atom is 0.192 e. The van der Waals surface area contributed by atoms with E-state index in [1.165, 1.54) is 16.9 Å². The molecule has 0 spiro atoms. The highest BCUT2D eigenvalue weighted by Gasteiger charge is 2.17. The number of aromatic nitrogens is 4. The van der Waals surface area contributed by atoms with Gasteiger partial charge in [-0.25, -0.2) is 4.98 Å². The van der Waals surface area contributed by atoms with Gasteiger partial charge in [0.2, 0.25) is 0 Å². The number of nitrogens with zero attached hydrogens (tertiary/aromatic N) is 4. The third kappa shape index (κ3) is 4.18. The highest BCUT2D eigenvalue weighted by Crippen LogP contribution is 2.32. The number of nitrogen functional groups attached to an aromatic ring is 1. The molecular formula is C18H19N5S2. The molecule has 2 N–H and O–H groups in total. The number of anilines is 1. The zero-order valence-electron chi connectivity index (χ0n) is 13.9. The van der Waals surface area contributed by atoms with Crippen molar-refractivity contribution in [1.82, 2.24) is 19.7 Å². The molecule has 2 heterocycles. The molecule has 25 heavy (non-hydrogen) atoms. The van der Waals surface area contributed by atoms with E-state index in [0.29, 0.717) is 11.7 Å². The van der Waals surface area contributed by atoms with Crippen LogP contribution in [0.3, 0.4) is 0 Å². The van der Waals surface area contributed by atoms with Crippen LogP contribution in [0.4, 0.5) is 5.13 Å². The van der Waals surface area contributed by atoms with Crippen LogP contribution < -0.4 is 5.73 Å². The van der Waals surface area contributed by atoms with E-state index in [1.54, 1.807) is 11.8 Å². The van der Waals surface area contributed by atoms with E-state index in [9.17, 15) is 0 Å². The predicted molar refractivity (Wildman–Crippen MR) is 107 cm³/mol. The summed E-state index contributed by atoms with van der Waals surface area (Å²) >= 11 is 3.07. The molecule has 0 saturated carbocycles. The SMILES string of the molecule is C=CCn1c(SC/C=C/c2ccccc2)nnc1-c1sc(N)nc1C. The van der Waals surface area contributed by atoms with Crippen molar-refractivity contribution in [3.8, 4) is 10.7 Å². The molecule has 1 aromatic carbocycles. The van der Waals surface area contributed by atoms with Gasteiger partial charge in [-0.2, -0.15) is 0 Å². The molecule has 0 atom stereocenters. The van der Waals surface area contributed by atoms with Crippen LogP contribution in [0.25, 0.3) is 16.8 Å². The van der Waals surface area contributed by atoms with E-state index in [0.717, 1.165) is 27.3 Å². The number of aryl methyl sites for hydroxylation is 1. The Kier molecular flexibility index (Phi) is 5.67. The van der Waals surface area contributed by atoms with Crippen molar-refractivity contribution in [3.63, 3.8) is 0 Å². The minimum absolute atomic E-state index is 0.542. The summed E-state index contributed by atoms with van der Waals surface area (Å²) in [5.41, 5.74) is 7.88. The van der Waals surface area contributed by atoms with Gasteiger partial charge < -0.3 is 5.73 Å². The molecule has 0 fully saturated rings. The van der Waals surface area contributed by atoms with Crippen molar-refractivity contribution in [2.45, 2.75) is 18.6 Å². The van der Waals surface area contributed by atoms with E-state index >= 15 is 0 Å². The van der Waals surface area contributed by atoms with Gasteiger partial charge in [-0.3, -0.25) is 4.57 Å². The molecule has 3 aromatic rings. The van der Waals surface area contributed by atoms with Crippen LogP contribution in [0.1, 0.15) is 11.3 Å². The van der Waals surface area contributed by atoms with Crippen LogP contribution >= 0.6 is 23.1 Å². The maximum atomic E-state index is 5.82. The average Bonchev–Trinajstić information content (AvgIpc) is 3.15. The van der Waals surface area contributed by atoms with E-state index in [-0.39, 0.29) is 0 Å². The Bertz CT molecular complexity index is 880. The molecule has 128 valence electrons. The number of thioether (sulfide) groups is 1. The topological polar surface area (TPSA) is 69.6 Å². The highest BCUT2D eigenvalue weighted by molar-refractivity contribution is 7.99. The summed E-state index contributed by atoms with van der Waals surface area (Å²) in [6.45, 7) is 6.42. The Morgan fingerprint density at radius 2 is 2.08 bits per heavy atom. The van der Waals surface area contributed by atoms with Gasteiger partial charge in [-0.15, -0.1) is 16.8 Å². The Hall–Kier alpha value is -2.38. The van der Waals surface area contributed by atoms with Gasteiger partial charge in [0.25, 0.3) is 0 Å². The predicted octanol–water partition coefficient (Wildman–Crippen LogP) is 4.28. The van der Waals surface area contributed by atoms with Crippen molar-refractivity contribution < 1.29 is 0 Å². The molecular weight excluding hydrogens is 350 g/mol. The van der Waals surface area contributed by atoms with Gasteiger partial charge in [-0.05, 0) is 12.5 Å². The molecule has 5 nitrogen and oxygen atoms in total. The Labute approximate surface area is 155 Å². The summed E-state index contributed by atoms with van der Waals surface area (Å²) in [7, 11) is 0. The Balaban J connectivity index is 1.76. The first-order valence-electron chi connectivity index (χ1n) is 7.81. The fraction of sp³-hybridized carbons (Fsp3) is 0.167. The summed E-state index contributed by atoms with van der Waals surface area (Å²) in [5, 5.41) is 10.1. The molecule has 0 unspecified atom stereocenters. The normalized spacial score (nSPS) is 11.2. The van der Waals surface area contributed by atoms with Crippen molar-refractivity contribution >= 4 is 34.3 Å². The van der Waals surface area contributed by atoms with E-state index in [1.807, 2.05) is 35.8 Å². The van der Waals surface area contributed by atoms with Crippen LogP contribution in [0.5, 0.6) is 0 Å². The summed E-state index contributed by atoms with van der Waals surface area (Å²) < 4.78 is 2.05. The number of allylic oxidation sites excluding steroid dienone is 1. The fourth-order valence-corrected chi connectivity index (χ4v) is 3.94. The summed E-state index contributed by atoms with van der Waals surface area (Å²) in [6.07, 6.45) is 6.08. The third-order valence-corrected chi connectivity index (χ3v) is 5.37. The van der Waals surface area contributed by atoms with Crippen LogP contribution in [-0.4, -0.2) is 25.5 Å². The van der Waals surface area contributed by atoms with E-state index in [2.05, 4.69) is 46.0 Å². The zero-order valence-corrected chi connectivity index (χ0v) is 15.6. The molecule has 0 aliphatic heterocycles. The van der Waals surface area contributed by atoms with Crippen molar-refractivity contribution in [3.05, 3.63) is 60.3 Å². The molecule has 0 saturated heterocycles. The number of benzene rings is 1. The highest BCUT2D eigenvalue weighted by atomic mass is 32.2. The minimum Gasteiger partial charge on any atom is -0.375 e. The van der Waals surface area contributed by atoms with Crippen LogP contribution in [0.15, 0.2) is 54.2 Å². The second-order valence-corrected chi connectivity index (χ2v) is 7.31. The van der Waals surface area contributed by atoms with Crippen molar-refractivity contribution in [1.29, 1.82) is 0 Å². The summed E-state index contributed by atoms with van der Waals surface area (Å²) in [5.74, 6) is 1.61. The Morgan fingerprint density at radius 3 is 2.76 bits per heavy atom. The molecule has 0 aliphatic carbocycles. The first-order chi connectivity index (χ1) is 12.2. The molecule has 0 aliphatic rings. The first kappa shape index (κ1) is 17.4. The lowest BCUT2D eigenvalue weighted by Crippen LogP contribution is -2.00. The largest absolute Gasteiger partial charge is 0.375 e. The fourth-order valence-electron chi connectivity index (χ4n) is 2.35. The van der Waals surface area contributed by atoms with Crippen LogP contribution in [-0.2, 0) is 6.54 Å². The lowest BCUT2D eigenvalue weighted by Gasteiger charge is -2.05. The molecule has 7 heteroatoms. The third-order valence-electron chi connectivity index (χ3n) is 3.46. The summed E-state index contributed by atoms with van der Waals surface area (Å²) in [6, 6.07) is 10.2.